The average molecular weight is 1260 g/mol. The highest BCUT2D eigenvalue weighted by Crippen LogP contribution is 2.38. The number of carbonyl (C=O) groups excluding carboxylic acids is 2. The van der Waals surface area contributed by atoms with E-state index in [9.17, 15) is 62.3 Å². The molecule has 0 unspecified atom stereocenters. The predicted molar refractivity (Wildman–Crippen MR) is 245 cm³/mol. The van der Waals surface area contributed by atoms with Gasteiger partial charge in [-0.3, -0.25) is 9.80 Å². The van der Waals surface area contributed by atoms with Crippen molar-refractivity contribution >= 4 is 86.8 Å². The lowest BCUT2D eigenvalue weighted by molar-refractivity contribution is -0.308. The summed E-state index contributed by atoms with van der Waals surface area (Å²) < 4.78 is 156. The maximum absolute atomic E-state index is 12.7. The Morgan fingerprint density at radius 3 is 0.985 bits per heavy atom. The first-order valence-electron chi connectivity index (χ1n) is 19.4. The second kappa shape index (κ2) is 25.8. The molecule has 2 saturated heterocycles. The normalized spacial score (nSPS) is 15.3. The number of amides is 1. The summed E-state index contributed by atoms with van der Waals surface area (Å²) in [6.07, 6.45) is -32.9. The van der Waals surface area contributed by atoms with Crippen molar-refractivity contribution in [1.29, 1.82) is 0 Å². The second-order valence-electron chi connectivity index (χ2n) is 14.5. The van der Waals surface area contributed by atoms with Crippen LogP contribution in [0.15, 0.2) is 115 Å². The number of nitrogens with zero attached hydrogens (tertiary/aromatic N) is 3. The quantitative estimate of drug-likeness (QED) is 0.139. The summed E-state index contributed by atoms with van der Waals surface area (Å²) in [7, 11) is 0. The summed E-state index contributed by atoms with van der Waals surface area (Å²) in [6.45, 7) is 4.58. The largest absolute Gasteiger partial charge is 0.434 e. The fourth-order valence-corrected chi connectivity index (χ4v) is 7.96. The van der Waals surface area contributed by atoms with Gasteiger partial charge in [0.05, 0.1) is 12.1 Å². The Morgan fingerprint density at radius 2 is 0.735 bits per heavy atom. The molecule has 2 aliphatic rings. The maximum atomic E-state index is 12.7. The summed E-state index contributed by atoms with van der Waals surface area (Å²) in [4.78, 5) is 27.2. The summed E-state index contributed by atoms with van der Waals surface area (Å²) in [5.74, 6) is 0. The van der Waals surface area contributed by atoms with Crippen LogP contribution < -0.4 is 5.32 Å². The van der Waals surface area contributed by atoms with Gasteiger partial charge in [0, 0.05) is 81.8 Å². The molecule has 0 spiro atoms. The zero-order valence-electron chi connectivity index (χ0n) is 34.1. The first-order valence-corrected chi connectivity index (χ1v) is 23.0. The van der Waals surface area contributed by atoms with Crippen molar-refractivity contribution in [3.05, 3.63) is 137 Å². The van der Waals surface area contributed by atoms with Crippen LogP contribution in [0, 0.1) is 0 Å². The minimum absolute atomic E-state index is 0. The van der Waals surface area contributed by atoms with Crippen LogP contribution in [-0.4, -0.2) is 115 Å². The van der Waals surface area contributed by atoms with Gasteiger partial charge < -0.3 is 19.7 Å². The van der Waals surface area contributed by atoms with E-state index in [0.717, 1.165) is 60.1 Å². The fraction of sp³-hybridized carbons (Fsp3) is 0.395. The Kier molecular flexibility index (Phi) is 22.5. The highest BCUT2D eigenvalue weighted by Gasteiger charge is 2.61. The monoisotopic (exact) mass is 1260 g/mol. The van der Waals surface area contributed by atoms with Gasteiger partial charge in [0.2, 0.25) is 0 Å². The van der Waals surface area contributed by atoms with Gasteiger partial charge in [-0.2, -0.15) is 52.7 Å². The molecule has 0 aromatic heterocycles. The van der Waals surface area contributed by atoms with Gasteiger partial charge in [0.15, 0.2) is 0 Å². The third-order valence-corrected chi connectivity index (χ3v) is 12.0. The van der Waals surface area contributed by atoms with Crippen LogP contribution in [0.2, 0.25) is 0 Å². The van der Waals surface area contributed by atoms with Crippen molar-refractivity contribution in [3.8, 4) is 0 Å². The minimum Gasteiger partial charge on any atom is -0.431 e. The van der Waals surface area contributed by atoms with E-state index in [0.29, 0.717) is 6.04 Å². The third kappa shape index (κ3) is 18.2. The highest BCUT2D eigenvalue weighted by atomic mass is 79.9. The van der Waals surface area contributed by atoms with Crippen LogP contribution in [0.25, 0.3) is 0 Å². The summed E-state index contributed by atoms with van der Waals surface area (Å²) in [5.41, 5.74) is 2.43. The van der Waals surface area contributed by atoms with Gasteiger partial charge in [0.25, 0.3) is 12.2 Å². The van der Waals surface area contributed by atoms with Crippen LogP contribution in [0.5, 0.6) is 0 Å². The smallest absolute Gasteiger partial charge is 0.431 e. The zero-order valence-corrected chi connectivity index (χ0v) is 41.2. The maximum Gasteiger partial charge on any atom is 0.434 e. The highest BCUT2D eigenvalue weighted by molar-refractivity contribution is 9.11. The molecule has 25 heteroatoms. The molecule has 6 rings (SSSR count). The molecular formula is C43H41Br4ClF12N4O4. The Balaban J connectivity index is 0.000000299. The lowest BCUT2D eigenvalue weighted by atomic mass is 9.96. The van der Waals surface area contributed by atoms with Crippen LogP contribution in [0.1, 0.15) is 41.8 Å². The van der Waals surface area contributed by atoms with Crippen LogP contribution in [0.4, 0.5) is 62.3 Å². The van der Waals surface area contributed by atoms with E-state index in [1.54, 1.807) is 0 Å². The lowest BCUT2D eigenvalue weighted by Crippen LogP contribution is -2.53. The Hall–Kier alpha value is -3.13. The van der Waals surface area contributed by atoms with Gasteiger partial charge >= 0.3 is 36.2 Å². The summed E-state index contributed by atoms with van der Waals surface area (Å²) in [6, 6.07) is 32.7. The number of hydrogen-bond donors (Lipinski definition) is 1. The van der Waals surface area contributed by atoms with Crippen molar-refractivity contribution in [2.75, 3.05) is 52.4 Å². The van der Waals surface area contributed by atoms with Crippen molar-refractivity contribution in [3.63, 3.8) is 0 Å². The molecule has 0 saturated carbocycles. The molecule has 8 nitrogen and oxygen atoms in total. The van der Waals surface area contributed by atoms with Crippen LogP contribution in [0.3, 0.4) is 0 Å². The Labute approximate surface area is 422 Å². The van der Waals surface area contributed by atoms with Gasteiger partial charge in [0.1, 0.15) is 0 Å². The topological polar surface area (TPSA) is 74.3 Å². The first kappa shape index (κ1) is 59.2. The summed E-state index contributed by atoms with van der Waals surface area (Å²) >= 11 is 18.1. The number of ether oxygens (including phenoxy) is 2. The molecule has 4 aromatic rings. The fourth-order valence-electron chi connectivity index (χ4n) is 6.82. The molecule has 4 aromatic carbocycles. The first-order chi connectivity index (χ1) is 31.1. The number of nitrogens with one attached hydrogen (secondary N) is 1. The number of hydrogen-bond acceptors (Lipinski definition) is 7. The Bertz CT molecular complexity index is 2060. The molecule has 0 radical (unpaired) electrons. The average Bonchev–Trinajstić information content (AvgIpc) is 3.24. The Morgan fingerprint density at radius 1 is 0.471 bits per heavy atom. The molecule has 0 atom stereocenters. The zero-order chi connectivity index (χ0) is 49.9. The van der Waals surface area contributed by atoms with Crippen LogP contribution >= 0.6 is 75.3 Å². The van der Waals surface area contributed by atoms with Crippen molar-refractivity contribution < 1.29 is 71.7 Å². The lowest BCUT2D eigenvalue weighted by Gasteiger charge is -2.39. The number of piperazine rings is 2. The van der Waals surface area contributed by atoms with E-state index >= 15 is 0 Å². The molecule has 1 N–H and O–H groups in total. The number of alkyl halides is 12. The molecule has 2 heterocycles. The molecule has 2 aliphatic heterocycles. The third-order valence-electron chi connectivity index (χ3n) is 9.82. The van der Waals surface area contributed by atoms with Crippen LogP contribution in [-0.2, 0) is 9.47 Å². The SMILES string of the molecule is Brc1ccc(C(c2ccc(Br)cc2)N2CCNCC2)cc1.C.O=C(Cl)OC(C(F)(F)F)C(F)(F)F.O=C(OC(C(F)(F)F)C(F)(F)F)N1CCN(C(c2ccc(Br)cc2)c2ccc(Br)cc2)CC1. The summed E-state index contributed by atoms with van der Waals surface area (Å²) in [5, 5.41) is 3.43. The number of benzene rings is 4. The van der Waals surface area contributed by atoms with Gasteiger partial charge in [-0.15, -0.1) is 0 Å². The van der Waals surface area contributed by atoms with Gasteiger partial charge in [-0.1, -0.05) is 120 Å². The van der Waals surface area contributed by atoms with Crippen molar-refractivity contribution in [1.82, 2.24) is 20.0 Å². The molecule has 2 fully saturated rings. The molecular weight excluding hydrogens is 1220 g/mol. The van der Waals surface area contributed by atoms with E-state index < -0.39 is 48.4 Å². The second-order valence-corrected chi connectivity index (χ2v) is 18.5. The minimum atomic E-state index is -5.75. The standard InChI is InChI=1S/C21H18Br2F6N2O2.C17H18Br2N2.C4HClF6O2.CH4/c22-15-5-1-13(2-6-15)17(14-3-7-16(23)8-4-14)30-9-11-31(12-10-30)19(32)33-18(20(24,25)26)21(27,28)29;18-15-5-1-13(2-6-15)17(21-11-9-20-10-12-21)14-3-7-16(19)8-4-14;5-2(12)13-1(3(6,7)8)4(9,10)11;/h1-8,17-18H,9-12H2;1-8,17,20H,9-12H2;1H;1H4. The van der Waals surface area contributed by atoms with Crippen molar-refractivity contribution in [2.45, 2.75) is 56.4 Å². The molecule has 68 heavy (non-hydrogen) atoms. The molecule has 1 amide bonds. The number of rotatable bonds is 8. The number of carbonyl (C=O) groups is 2. The van der Waals surface area contributed by atoms with E-state index in [1.807, 2.05) is 53.4 Å². The predicted octanol–water partition coefficient (Wildman–Crippen LogP) is 14.2. The molecule has 376 valence electrons. The van der Waals surface area contributed by atoms with E-state index in [-0.39, 0.29) is 39.6 Å². The molecule has 0 aliphatic carbocycles. The van der Waals surface area contributed by atoms with Crippen molar-refractivity contribution in [2.24, 2.45) is 0 Å². The number of halogens is 17. The van der Waals surface area contributed by atoms with E-state index in [1.165, 1.54) is 11.1 Å². The van der Waals surface area contributed by atoms with E-state index in [2.05, 4.69) is 144 Å². The van der Waals surface area contributed by atoms with Gasteiger partial charge in [-0.05, 0) is 70.8 Å². The van der Waals surface area contributed by atoms with E-state index in [4.69, 9.17) is 0 Å². The molecule has 0 bridgehead atoms. The van der Waals surface area contributed by atoms with Gasteiger partial charge in [-0.25, -0.2) is 9.59 Å².